The second-order valence-electron chi connectivity index (χ2n) is 5.46. The molecule has 20 heavy (non-hydrogen) atoms. The van der Waals surface area contributed by atoms with Crippen LogP contribution in [0.3, 0.4) is 0 Å². The normalized spacial score (nSPS) is 22.4. The van der Waals surface area contributed by atoms with E-state index in [-0.39, 0.29) is 5.79 Å². The molecule has 0 aliphatic carbocycles. The Balaban J connectivity index is 1.51. The van der Waals surface area contributed by atoms with E-state index in [0.29, 0.717) is 0 Å². The molecule has 1 spiro atoms. The lowest BCUT2D eigenvalue weighted by molar-refractivity contribution is -0.185. The summed E-state index contributed by atoms with van der Waals surface area (Å²) in [5.41, 5.74) is 1.40. The van der Waals surface area contributed by atoms with Crippen LogP contribution in [0.25, 0.3) is 0 Å². The minimum absolute atomic E-state index is 0.252. The van der Waals surface area contributed by atoms with Crippen molar-refractivity contribution in [1.82, 2.24) is 4.90 Å². The maximum atomic E-state index is 5.77. The molecule has 3 nitrogen and oxygen atoms in total. The molecule has 0 radical (unpaired) electrons. The number of benzene rings is 1. The number of thioether (sulfide) groups is 1. The first kappa shape index (κ1) is 14.4. The Hall–Kier alpha value is -0.550. The first-order chi connectivity index (χ1) is 9.80. The van der Waals surface area contributed by atoms with Crippen molar-refractivity contribution in [1.29, 1.82) is 0 Å². The van der Waals surface area contributed by atoms with Crippen molar-refractivity contribution < 1.29 is 9.47 Å². The molecule has 0 atom stereocenters. The molecule has 0 unspecified atom stereocenters. The van der Waals surface area contributed by atoms with Gasteiger partial charge in [0.05, 0.1) is 13.2 Å². The molecule has 0 aromatic heterocycles. The average Bonchev–Trinajstić information content (AvgIpc) is 2.93. The third kappa shape index (κ3) is 3.37. The van der Waals surface area contributed by atoms with E-state index in [1.165, 1.54) is 10.5 Å². The molecule has 2 heterocycles. The number of hydrogen-bond donors (Lipinski definition) is 0. The lowest BCUT2D eigenvalue weighted by atomic mass is 10.0. The second-order valence-corrected chi connectivity index (χ2v) is 6.80. The Bertz CT molecular complexity index is 419. The zero-order valence-electron chi connectivity index (χ0n) is 12.1. The van der Waals surface area contributed by atoms with Gasteiger partial charge in [0.1, 0.15) is 0 Å². The summed E-state index contributed by atoms with van der Waals surface area (Å²) in [6, 6.07) is 8.98. The van der Waals surface area contributed by atoms with Crippen LogP contribution in [0.1, 0.15) is 25.3 Å². The third-order valence-electron chi connectivity index (χ3n) is 4.07. The van der Waals surface area contributed by atoms with Crippen LogP contribution in [0, 0.1) is 0 Å². The van der Waals surface area contributed by atoms with Gasteiger partial charge in [0.2, 0.25) is 0 Å². The summed E-state index contributed by atoms with van der Waals surface area (Å²) in [6.45, 7) is 6.87. The number of nitrogens with zero attached hydrogens (tertiary/aromatic N) is 1. The molecule has 0 N–H and O–H groups in total. The van der Waals surface area contributed by atoms with Gasteiger partial charge in [0, 0.05) is 37.4 Å². The van der Waals surface area contributed by atoms with Gasteiger partial charge >= 0.3 is 0 Å². The highest BCUT2D eigenvalue weighted by molar-refractivity contribution is 7.99. The molecular formula is C16H23NO2S. The highest BCUT2D eigenvalue weighted by Gasteiger charge is 2.39. The summed E-state index contributed by atoms with van der Waals surface area (Å²) in [4.78, 5) is 3.86. The molecule has 1 aromatic rings. The molecule has 110 valence electrons. The SMILES string of the molecule is CCSc1ccc(CN2CCC3(CC2)OCCO3)cc1. The minimum atomic E-state index is -0.252. The smallest absolute Gasteiger partial charge is 0.170 e. The number of ether oxygens (including phenoxy) is 2. The molecule has 1 aromatic carbocycles. The standard InChI is InChI=1S/C16H23NO2S/c1-2-20-15-5-3-14(4-6-15)13-17-9-7-16(8-10-17)18-11-12-19-16/h3-6H,2,7-13H2,1H3. The molecule has 3 rings (SSSR count). The van der Waals surface area contributed by atoms with Crippen molar-refractivity contribution in [2.75, 3.05) is 32.1 Å². The Morgan fingerprint density at radius 1 is 1.10 bits per heavy atom. The number of hydrogen-bond acceptors (Lipinski definition) is 4. The maximum Gasteiger partial charge on any atom is 0.170 e. The van der Waals surface area contributed by atoms with Gasteiger partial charge in [-0.1, -0.05) is 19.1 Å². The zero-order valence-corrected chi connectivity index (χ0v) is 13.0. The second kappa shape index (κ2) is 6.48. The first-order valence-corrected chi connectivity index (χ1v) is 8.50. The summed E-state index contributed by atoms with van der Waals surface area (Å²) in [5.74, 6) is 0.881. The van der Waals surface area contributed by atoms with Gasteiger partial charge in [-0.15, -0.1) is 11.8 Å². The Morgan fingerprint density at radius 2 is 1.75 bits per heavy atom. The predicted octanol–water partition coefficient (Wildman–Crippen LogP) is 3.14. The van der Waals surface area contributed by atoms with Crippen molar-refractivity contribution in [3.05, 3.63) is 29.8 Å². The topological polar surface area (TPSA) is 21.7 Å². The van der Waals surface area contributed by atoms with E-state index < -0.39 is 0 Å². The molecule has 2 saturated heterocycles. The predicted molar refractivity (Wildman–Crippen MR) is 82.0 cm³/mol. The van der Waals surface area contributed by atoms with Gasteiger partial charge in [-0.05, 0) is 23.4 Å². The van der Waals surface area contributed by atoms with Gasteiger partial charge in [0.25, 0.3) is 0 Å². The van der Waals surface area contributed by atoms with Gasteiger partial charge in [0.15, 0.2) is 5.79 Å². The Morgan fingerprint density at radius 3 is 2.35 bits per heavy atom. The van der Waals surface area contributed by atoms with E-state index in [4.69, 9.17) is 9.47 Å². The van der Waals surface area contributed by atoms with E-state index >= 15 is 0 Å². The summed E-state index contributed by atoms with van der Waals surface area (Å²) < 4.78 is 11.5. The van der Waals surface area contributed by atoms with Crippen LogP contribution in [0.5, 0.6) is 0 Å². The zero-order chi connectivity index (χ0) is 13.8. The summed E-state index contributed by atoms with van der Waals surface area (Å²) >= 11 is 1.90. The third-order valence-corrected chi connectivity index (χ3v) is 4.97. The fourth-order valence-electron chi connectivity index (χ4n) is 2.95. The average molecular weight is 293 g/mol. The van der Waals surface area contributed by atoms with Crippen LogP contribution in [-0.2, 0) is 16.0 Å². The summed E-state index contributed by atoms with van der Waals surface area (Å²) in [7, 11) is 0. The van der Waals surface area contributed by atoms with Crippen LogP contribution < -0.4 is 0 Å². The number of likely N-dealkylation sites (tertiary alicyclic amines) is 1. The quantitative estimate of drug-likeness (QED) is 0.795. The van der Waals surface area contributed by atoms with Crippen LogP contribution in [0.15, 0.2) is 29.2 Å². The van der Waals surface area contributed by atoms with Crippen molar-refractivity contribution in [3.8, 4) is 0 Å². The van der Waals surface area contributed by atoms with Crippen molar-refractivity contribution in [2.24, 2.45) is 0 Å². The van der Waals surface area contributed by atoms with E-state index in [0.717, 1.165) is 51.4 Å². The summed E-state index contributed by atoms with van der Waals surface area (Å²) in [5, 5.41) is 0. The monoisotopic (exact) mass is 293 g/mol. The largest absolute Gasteiger partial charge is 0.347 e. The number of piperidine rings is 1. The fourth-order valence-corrected chi connectivity index (χ4v) is 3.62. The summed E-state index contributed by atoms with van der Waals surface area (Å²) in [6.07, 6.45) is 1.99. The molecule has 0 bridgehead atoms. The van der Waals surface area contributed by atoms with Gasteiger partial charge < -0.3 is 9.47 Å². The molecule has 0 amide bonds. The minimum Gasteiger partial charge on any atom is -0.347 e. The molecule has 4 heteroatoms. The van der Waals surface area contributed by atoms with Crippen molar-refractivity contribution in [3.63, 3.8) is 0 Å². The van der Waals surface area contributed by atoms with Gasteiger partial charge in [-0.25, -0.2) is 0 Å². The molecule has 2 fully saturated rings. The lowest BCUT2D eigenvalue weighted by Gasteiger charge is -2.37. The maximum absolute atomic E-state index is 5.77. The highest BCUT2D eigenvalue weighted by atomic mass is 32.2. The van der Waals surface area contributed by atoms with Gasteiger partial charge in [-0.2, -0.15) is 0 Å². The lowest BCUT2D eigenvalue weighted by Crippen LogP contribution is -2.44. The number of rotatable bonds is 4. The van der Waals surface area contributed by atoms with E-state index in [9.17, 15) is 0 Å². The van der Waals surface area contributed by atoms with E-state index in [1.54, 1.807) is 0 Å². The van der Waals surface area contributed by atoms with Crippen LogP contribution in [0.2, 0.25) is 0 Å². The Kier molecular flexibility index (Phi) is 4.66. The fraction of sp³-hybridized carbons (Fsp3) is 0.625. The molecule has 2 aliphatic rings. The first-order valence-electron chi connectivity index (χ1n) is 7.52. The van der Waals surface area contributed by atoms with Gasteiger partial charge in [-0.3, -0.25) is 4.90 Å². The van der Waals surface area contributed by atoms with Crippen molar-refractivity contribution in [2.45, 2.75) is 37.0 Å². The van der Waals surface area contributed by atoms with Crippen LogP contribution in [0.4, 0.5) is 0 Å². The van der Waals surface area contributed by atoms with Crippen LogP contribution >= 0.6 is 11.8 Å². The highest BCUT2D eigenvalue weighted by Crippen LogP contribution is 2.31. The Labute approximate surface area is 125 Å². The van der Waals surface area contributed by atoms with E-state index in [2.05, 4.69) is 36.1 Å². The van der Waals surface area contributed by atoms with E-state index in [1.807, 2.05) is 11.8 Å². The molecular weight excluding hydrogens is 270 g/mol. The molecule has 2 aliphatic heterocycles. The molecule has 0 saturated carbocycles. The van der Waals surface area contributed by atoms with Crippen LogP contribution in [-0.4, -0.2) is 42.7 Å². The van der Waals surface area contributed by atoms with Crippen molar-refractivity contribution >= 4 is 11.8 Å².